The number of rotatable bonds is 4. The van der Waals surface area contributed by atoms with Gasteiger partial charge in [-0.15, -0.1) is 0 Å². The molecule has 0 radical (unpaired) electrons. The van der Waals surface area contributed by atoms with Gasteiger partial charge in [0.15, 0.2) is 0 Å². The maximum Gasteiger partial charge on any atom is 0.228 e. The summed E-state index contributed by atoms with van der Waals surface area (Å²) in [6, 6.07) is 9.71. The van der Waals surface area contributed by atoms with Crippen LogP contribution in [0.5, 0.6) is 0 Å². The van der Waals surface area contributed by atoms with Gasteiger partial charge in [-0.3, -0.25) is 4.68 Å². The second kappa shape index (κ2) is 5.26. The Bertz CT molecular complexity index is 688. The molecule has 2 N–H and O–H groups in total. The standard InChI is InChI=1S/C14H15N5O/c1-19-9-11(8-16-19)14-17-13(20-18-14)7-12(15)10-5-3-2-4-6-10/h2-6,8-9,12H,7,15H2,1H3. The van der Waals surface area contributed by atoms with Crippen LogP contribution in [0.3, 0.4) is 0 Å². The normalized spacial score (nSPS) is 12.5. The van der Waals surface area contributed by atoms with E-state index in [1.807, 2.05) is 43.6 Å². The molecule has 0 saturated heterocycles. The number of hydrogen-bond donors (Lipinski definition) is 1. The molecular weight excluding hydrogens is 254 g/mol. The van der Waals surface area contributed by atoms with Crippen molar-refractivity contribution in [1.82, 2.24) is 19.9 Å². The summed E-state index contributed by atoms with van der Waals surface area (Å²) in [7, 11) is 1.84. The molecule has 0 fully saturated rings. The molecule has 0 aliphatic rings. The summed E-state index contributed by atoms with van der Waals surface area (Å²) in [6.07, 6.45) is 4.05. The van der Waals surface area contributed by atoms with Crippen LogP contribution in [0, 0.1) is 0 Å². The summed E-state index contributed by atoms with van der Waals surface area (Å²) in [5, 5.41) is 8.03. The number of hydrogen-bond acceptors (Lipinski definition) is 5. The van der Waals surface area contributed by atoms with E-state index >= 15 is 0 Å². The SMILES string of the molecule is Cn1cc(-c2noc(CC(N)c3ccccc3)n2)cn1. The summed E-state index contributed by atoms with van der Waals surface area (Å²) >= 11 is 0. The summed E-state index contributed by atoms with van der Waals surface area (Å²) < 4.78 is 6.94. The molecule has 1 aromatic carbocycles. The highest BCUT2D eigenvalue weighted by atomic mass is 16.5. The Labute approximate surface area is 116 Å². The zero-order valence-electron chi connectivity index (χ0n) is 11.1. The van der Waals surface area contributed by atoms with E-state index in [0.717, 1.165) is 11.1 Å². The summed E-state index contributed by atoms with van der Waals surface area (Å²) in [6.45, 7) is 0. The second-order valence-electron chi connectivity index (χ2n) is 4.64. The lowest BCUT2D eigenvalue weighted by Gasteiger charge is -2.08. The van der Waals surface area contributed by atoms with Gasteiger partial charge in [-0.2, -0.15) is 10.1 Å². The van der Waals surface area contributed by atoms with Crippen molar-refractivity contribution in [1.29, 1.82) is 0 Å². The molecular formula is C14H15N5O. The molecule has 0 bridgehead atoms. The van der Waals surface area contributed by atoms with Crippen LogP contribution < -0.4 is 5.73 Å². The van der Waals surface area contributed by atoms with Gasteiger partial charge in [0.1, 0.15) is 0 Å². The molecule has 0 saturated carbocycles. The van der Waals surface area contributed by atoms with Gasteiger partial charge < -0.3 is 10.3 Å². The van der Waals surface area contributed by atoms with E-state index in [1.54, 1.807) is 10.9 Å². The van der Waals surface area contributed by atoms with Crippen LogP contribution in [-0.4, -0.2) is 19.9 Å². The highest BCUT2D eigenvalue weighted by Crippen LogP contribution is 2.18. The first-order valence-electron chi connectivity index (χ1n) is 6.34. The van der Waals surface area contributed by atoms with E-state index in [0.29, 0.717) is 18.1 Å². The molecule has 2 heterocycles. The van der Waals surface area contributed by atoms with Gasteiger partial charge in [-0.25, -0.2) is 0 Å². The third-order valence-electron chi connectivity index (χ3n) is 3.05. The summed E-state index contributed by atoms with van der Waals surface area (Å²) in [5.74, 6) is 1.06. The van der Waals surface area contributed by atoms with Gasteiger partial charge in [0.05, 0.1) is 11.8 Å². The first kappa shape index (κ1) is 12.6. The molecule has 0 aliphatic heterocycles. The second-order valence-corrected chi connectivity index (χ2v) is 4.64. The number of nitrogens with zero attached hydrogens (tertiary/aromatic N) is 4. The molecule has 20 heavy (non-hydrogen) atoms. The molecule has 1 atom stereocenters. The van der Waals surface area contributed by atoms with Gasteiger partial charge in [0, 0.05) is 25.7 Å². The van der Waals surface area contributed by atoms with Crippen LogP contribution in [0.4, 0.5) is 0 Å². The minimum atomic E-state index is -0.154. The van der Waals surface area contributed by atoms with Crippen LogP contribution in [0.25, 0.3) is 11.4 Å². The topological polar surface area (TPSA) is 82.8 Å². The molecule has 0 aliphatic carbocycles. The molecule has 102 valence electrons. The summed E-state index contributed by atoms with van der Waals surface area (Å²) in [4.78, 5) is 4.35. The third-order valence-corrected chi connectivity index (χ3v) is 3.05. The molecule has 0 spiro atoms. The van der Waals surface area contributed by atoms with E-state index < -0.39 is 0 Å². The van der Waals surface area contributed by atoms with Crippen molar-refractivity contribution in [2.75, 3.05) is 0 Å². The quantitative estimate of drug-likeness (QED) is 0.779. The molecule has 3 rings (SSSR count). The fourth-order valence-corrected chi connectivity index (χ4v) is 2.00. The van der Waals surface area contributed by atoms with Gasteiger partial charge in [0.2, 0.25) is 11.7 Å². The Kier molecular flexibility index (Phi) is 3.30. The number of benzene rings is 1. The van der Waals surface area contributed by atoms with Gasteiger partial charge in [-0.1, -0.05) is 35.5 Å². The molecule has 0 amide bonds. The van der Waals surface area contributed by atoms with Crippen molar-refractivity contribution < 1.29 is 4.52 Å². The maximum atomic E-state index is 6.13. The average molecular weight is 269 g/mol. The summed E-state index contributed by atoms with van der Waals surface area (Å²) in [5.41, 5.74) is 8.01. The van der Waals surface area contributed by atoms with Crippen molar-refractivity contribution in [3.05, 3.63) is 54.2 Å². The highest BCUT2D eigenvalue weighted by Gasteiger charge is 2.14. The Morgan fingerprint density at radius 1 is 1.30 bits per heavy atom. The maximum absolute atomic E-state index is 6.13. The Hall–Kier alpha value is -2.47. The number of aryl methyl sites for hydroxylation is 1. The van der Waals surface area contributed by atoms with Gasteiger partial charge >= 0.3 is 0 Å². The Balaban J connectivity index is 1.74. The van der Waals surface area contributed by atoms with E-state index in [9.17, 15) is 0 Å². The molecule has 2 aromatic heterocycles. The predicted molar refractivity (Wildman–Crippen MR) is 73.6 cm³/mol. The Morgan fingerprint density at radius 3 is 2.80 bits per heavy atom. The molecule has 6 nitrogen and oxygen atoms in total. The van der Waals surface area contributed by atoms with Crippen molar-refractivity contribution in [3.8, 4) is 11.4 Å². The van der Waals surface area contributed by atoms with E-state index in [4.69, 9.17) is 10.3 Å². The largest absolute Gasteiger partial charge is 0.339 e. The van der Waals surface area contributed by atoms with E-state index in [-0.39, 0.29) is 6.04 Å². The van der Waals surface area contributed by atoms with Crippen molar-refractivity contribution in [2.45, 2.75) is 12.5 Å². The minimum absolute atomic E-state index is 0.154. The molecule has 6 heteroatoms. The van der Waals surface area contributed by atoms with E-state index in [2.05, 4.69) is 15.2 Å². The van der Waals surface area contributed by atoms with Crippen LogP contribution in [0.15, 0.2) is 47.2 Å². The average Bonchev–Trinajstić information content (AvgIpc) is 3.09. The zero-order valence-corrected chi connectivity index (χ0v) is 11.1. The van der Waals surface area contributed by atoms with Crippen LogP contribution in [-0.2, 0) is 13.5 Å². The smallest absolute Gasteiger partial charge is 0.228 e. The van der Waals surface area contributed by atoms with Gasteiger partial charge in [0.25, 0.3) is 0 Å². The minimum Gasteiger partial charge on any atom is -0.339 e. The fraction of sp³-hybridized carbons (Fsp3) is 0.214. The fourth-order valence-electron chi connectivity index (χ4n) is 2.00. The van der Waals surface area contributed by atoms with Crippen molar-refractivity contribution >= 4 is 0 Å². The van der Waals surface area contributed by atoms with Crippen molar-refractivity contribution in [3.63, 3.8) is 0 Å². The van der Waals surface area contributed by atoms with Gasteiger partial charge in [-0.05, 0) is 5.56 Å². The number of nitrogens with two attached hydrogens (primary N) is 1. The monoisotopic (exact) mass is 269 g/mol. The highest BCUT2D eigenvalue weighted by molar-refractivity contribution is 5.50. The van der Waals surface area contributed by atoms with Crippen molar-refractivity contribution in [2.24, 2.45) is 12.8 Å². The van der Waals surface area contributed by atoms with Crippen LogP contribution >= 0.6 is 0 Å². The molecule has 3 aromatic rings. The predicted octanol–water partition coefficient (Wildman–Crippen LogP) is 1.71. The lowest BCUT2D eigenvalue weighted by Crippen LogP contribution is -2.13. The third kappa shape index (κ3) is 2.60. The lowest BCUT2D eigenvalue weighted by atomic mass is 10.1. The van der Waals surface area contributed by atoms with E-state index in [1.165, 1.54) is 0 Å². The lowest BCUT2D eigenvalue weighted by molar-refractivity contribution is 0.370. The van der Waals surface area contributed by atoms with Crippen LogP contribution in [0.2, 0.25) is 0 Å². The Morgan fingerprint density at radius 2 is 2.10 bits per heavy atom. The molecule has 1 unspecified atom stereocenters. The zero-order chi connectivity index (χ0) is 13.9. The first-order valence-corrected chi connectivity index (χ1v) is 6.34. The van der Waals surface area contributed by atoms with Crippen LogP contribution in [0.1, 0.15) is 17.5 Å². The first-order chi connectivity index (χ1) is 9.72. The number of aromatic nitrogens is 4.